The van der Waals surface area contributed by atoms with Crippen molar-refractivity contribution in [2.75, 3.05) is 13.1 Å². The second kappa shape index (κ2) is 7.93. The average Bonchev–Trinajstić information content (AvgIpc) is 3.35. The number of carboxylic acids is 1. The van der Waals surface area contributed by atoms with Gasteiger partial charge in [0.1, 0.15) is 17.6 Å². The molecule has 3 atom stereocenters. The molecule has 3 N–H and O–H groups in total. The number of nitrogens with zero attached hydrogens (tertiary/aromatic N) is 3. The number of nitrogens with one attached hydrogen (secondary N) is 2. The summed E-state index contributed by atoms with van der Waals surface area (Å²) in [4.78, 5) is 21.3. The Morgan fingerprint density at radius 1 is 1.38 bits per heavy atom. The Balaban J connectivity index is 1.73. The van der Waals surface area contributed by atoms with Crippen molar-refractivity contribution in [2.45, 2.75) is 36.9 Å². The molecule has 1 saturated heterocycles. The highest BCUT2D eigenvalue weighted by Gasteiger charge is 2.50. The van der Waals surface area contributed by atoms with Crippen LogP contribution < -0.4 is 5.32 Å². The van der Waals surface area contributed by atoms with Crippen molar-refractivity contribution in [2.24, 2.45) is 4.99 Å². The molecule has 2 aliphatic heterocycles. The predicted molar refractivity (Wildman–Crippen MR) is 110 cm³/mol. The number of rotatable bonds is 5. The summed E-state index contributed by atoms with van der Waals surface area (Å²) in [6, 6.07) is 0.801. The van der Waals surface area contributed by atoms with E-state index in [1.165, 1.54) is 23.6 Å². The lowest BCUT2D eigenvalue weighted by Crippen LogP contribution is -2.59. The number of thiazole rings is 1. The molecule has 170 valence electrons. The molecule has 0 spiro atoms. The van der Waals surface area contributed by atoms with E-state index >= 15 is 0 Å². The van der Waals surface area contributed by atoms with Crippen LogP contribution in [0.25, 0.3) is 0 Å². The summed E-state index contributed by atoms with van der Waals surface area (Å²) in [5.74, 6) is -6.45. The van der Waals surface area contributed by atoms with Gasteiger partial charge in [0.2, 0.25) is 0 Å². The van der Waals surface area contributed by atoms with Gasteiger partial charge < -0.3 is 15.8 Å². The van der Waals surface area contributed by atoms with Crippen LogP contribution in [0.1, 0.15) is 23.9 Å². The number of amidine groups is 1. The van der Waals surface area contributed by atoms with Gasteiger partial charge >= 0.3 is 5.97 Å². The van der Waals surface area contributed by atoms with Crippen LogP contribution in [-0.2, 0) is 10.3 Å². The highest BCUT2D eigenvalue weighted by molar-refractivity contribution is 7.11. The van der Waals surface area contributed by atoms with Crippen LogP contribution in [0.5, 0.6) is 0 Å². The van der Waals surface area contributed by atoms with Gasteiger partial charge in [0.05, 0.1) is 12.3 Å². The third-order valence-electron chi connectivity index (χ3n) is 5.72. The number of alkyl halides is 2. The number of benzene rings is 1. The lowest BCUT2D eigenvalue weighted by molar-refractivity contribution is -0.142. The molecule has 0 saturated carbocycles. The predicted octanol–water partition coefficient (Wildman–Crippen LogP) is 2.87. The minimum atomic E-state index is -3.18. The van der Waals surface area contributed by atoms with Gasteiger partial charge in [0.15, 0.2) is 22.5 Å². The highest BCUT2D eigenvalue weighted by atomic mass is 32.1. The normalized spacial score (nSPS) is 27.8. The quantitative estimate of drug-likeness (QED) is 0.585. The van der Waals surface area contributed by atoms with Crippen molar-refractivity contribution >= 4 is 28.9 Å². The number of aliphatic carboxylic acids is 1. The third kappa shape index (κ3) is 3.99. The van der Waals surface area contributed by atoms with Gasteiger partial charge in [-0.25, -0.2) is 22.5 Å². The summed E-state index contributed by atoms with van der Waals surface area (Å²) < 4.78 is 55.4. The van der Waals surface area contributed by atoms with Gasteiger partial charge in [-0.2, -0.15) is 0 Å². The lowest BCUT2D eigenvalue weighted by atomic mass is 9.81. The summed E-state index contributed by atoms with van der Waals surface area (Å²) >= 11 is 1.25. The Hall–Kier alpha value is -2.86. The van der Waals surface area contributed by atoms with Crippen LogP contribution in [0.2, 0.25) is 0 Å². The monoisotopic (exact) mass is 469 g/mol. The fraction of sp³-hybridized carbons (Fsp3) is 0.400. The second-order valence-electron chi connectivity index (χ2n) is 7.97. The molecule has 3 unspecified atom stereocenters. The van der Waals surface area contributed by atoms with Crippen LogP contribution >= 0.6 is 11.3 Å². The molecule has 2 aromatic rings. The maximum Gasteiger partial charge on any atom is 0.321 e. The highest BCUT2D eigenvalue weighted by Crippen LogP contribution is 2.35. The maximum atomic E-state index is 14.0. The molecule has 0 aliphatic carbocycles. The Labute approximate surface area is 184 Å². The molecule has 1 aromatic heterocycles. The number of hydrogen-bond donors (Lipinski definition) is 3. The van der Waals surface area contributed by atoms with Gasteiger partial charge in [-0.3, -0.25) is 14.7 Å². The van der Waals surface area contributed by atoms with Crippen molar-refractivity contribution in [3.8, 4) is 0 Å². The molecule has 7 nitrogen and oxygen atoms in total. The number of carboxylic acid groups (broad SMARTS) is 1. The standard InChI is InChI=1S/C20H19F4N5O2S/c1-19(10-2-3-11(21)12(22)6-10)15(25)13(27-16(28-19)17-26-4-5-32-17)8-29-9-20(23,24)7-14(29)18(30)31/h2-6,13-14,25H,7-9H2,1H3,(H,27,28)(H,30,31). The molecule has 1 fully saturated rings. The fourth-order valence-electron chi connectivity index (χ4n) is 4.05. The Kier molecular flexibility index (Phi) is 5.53. The number of aromatic nitrogens is 1. The molecule has 0 bridgehead atoms. The third-order valence-corrected chi connectivity index (χ3v) is 6.50. The molecule has 2 aliphatic rings. The van der Waals surface area contributed by atoms with Crippen molar-refractivity contribution in [1.29, 1.82) is 5.41 Å². The first kappa shape index (κ1) is 22.3. The molecule has 1 aromatic carbocycles. The summed E-state index contributed by atoms with van der Waals surface area (Å²) in [5.41, 5.74) is -1.22. The molecular formula is C20H19F4N5O2S. The smallest absolute Gasteiger partial charge is 0.321 e. The number of aliphatic imine (C=N–C) groups is 1. The minimum Gasteiger partial charge on any atom is -0.480 e. The van der Waals surface area contributed by atoms with E-state index in [4.69, 9.17) is 5.41 Å². The lowest BCUT2D eigenvalue weighted by Gasteiger charge is -2.40. The van der Waals surface area contributed by atoms with E-state index in [1.807, 2.05) is 0 Å². The van der Waals surface area contributed by atoms with E-state index < -0.39 is 54.1 Å². The molecule has 0 radical (unpaired) electrons. The van der Waals surface area contributed by atoms with E-state index in [0.717, 1.165) is 17.0 Å². The molecule has 0 amide bonds. The summed E-state index contributed by atoms with van der Waals surface area (Å²) in [5, 5.41) is 23.3. The Morgan fingerprint density at radius 2 is 2.12 bits per heavy atom. The number of carbonyl (C=O) groups is 1. The van der Waals surface area contributed by atoms with Gasteiger partial charge in [-0.1, -0.05) is 6.07 Å². The van der Waals surface area contributed by atoms with Gasteiger partial charge in [0.25, 0.3) is 5.92 Å². The van der Waals surface area contributed by atoms with Gasteiger partial charge in [-0.15, -0.1) is 11.3 Å². The first-order valence-electron chi connectivity index (χ1n) is 9.65. The van der Waals surface area contributed by atoms with Crippen LogP contribution in [0.3, 0.4) is 0 Å². The summed E-state index contributed by atoms with van der Waals surface area (Å²) in [7, 11) is 0. The Bertz CT molecular complexity index is 1090. The zero-order chi connectivity index (χ0) is 23.3. The molecule has 3 heterocycles. The van der Waals surface area contributed by atoms with Crippen LogP contribution in [0, 0.1) is 17.0 Å². The van der Waals surface area contributed by atoms with Crippen LogP contribution in [0.4, 0.5) is 17.6 Å². The number of hydrogen-bond acceptors (Lipinski definition) is 7. The van der Waals surface area contributed by atoms with E-state index in [2.05, 4.69) is 15.3 Å². The largest absolute Gasteiger partial charge is 0.480 e. The zero-order valence-corrected chi connectivity index (χ0v) is 17.6. The maximum absolute atomic E-state index is 14.0. The average molecular weight is 469 g/mol. The number of halogens is 4. The van der Waals surface area contributed by atoms with Crippen LogP contribution in [-0.4, -0.2) is 63.6 Å². The topological polar surface area (TPSA) is 102 Å². The number of likely N-dealkylation sites (tertiary alicyclic amines) is 1. The minimum absolute atomic E-state index is 0.0943. The SMILES string of the molecule is CC1(c2ccc(F)c(F)c2)NC(c2nccs2)=NC(CN2CC(F)(F)CC2C(=O)O)C1=N. The zero-order valence-electron chi connectivity index (χ0n) is 16.8. The molecule has 12 heteroatoms. The van der Waals surface area contributed by atoms with Gasteiger partial charge in [0, 0.05) is 24.5 Å². The van der Waals surface area contributed by atoms with Crippen LogP contribution in [0.15, 0.2) is 34.8 Å². The van der Waals surface area contributed by atoms with Crippen molar-refractivity contribution in [3.63, 3.8) is 0 Å². The second-order valence-corrected chi connectivity index (χ2v) is 8.86. The van der Waals surface area contributed by atoms with E-state index in [9.17, 15) is 27.5 Å². The fourth-order valence-corrected chi connectivity index (χ4v) is 4.63. The van der Waals surface area contributed by atoms with E-state index in [-0.39, 0.29) is 23.7 Å². The van der Waals surface area contributed by atoms with E-state index in [0.29, 0.717) is 5.01 Å². The summed E-state index contributed by atoms with van der Waals surface area (Å²) in [6.07, 6.45) is 0.708. The molecule has 32 heavy (non-hydrogen) atoms. The van der Waals surface area contributed by atoms with Gasteiger partial charge in [-0.05, 0) is 24.6 Å². The first-order chi connectivity index (χ1) is 15.0. The Morgan fingerprint density at radius 3 is 2.75 bits per heavy atom. The molecule has 4 rings (SSSR count). The van der Waals surface area contributed by atoms with Crippen molar-refractivity contribution in [3.05, 3.63) is 52.0 Å². The summed E-state index contributed by atoms with van der Waals surface area (Å²) in [6.45, 7) is 0.553. The van der Waals surface area contributed by atoms with Crippen molar-refractivity contribution in [1.82, 2.24) is 15.2 Å². The molecular weight excluding hydrogens is 450 g/mol. The first-order valence-corrected chi connectivity index (χ1v) is 10.5. The van der Waals surface area contributed by atoms with E-state index in [1.54, 1.807) is 12.3 Å². The van der Waals surface area contributed by atoms with Crippen molar-refractivity contribution < 1.29 is 27.5 Å².